The van der Waals surface area contributed by atoms with Crippen molar-refractivity contribution in [2.75, 3.05) is 18.9 Å². The van der Waals surface area contributed by atoms with E-state index >= 15 is 0 Å². The van der Waals surface area contributed by atoms with E-state index in [0.29, 0.717) is 26.1 Å². The molecule has 10 nitrogen and oxygen atoms in total. The molecule has 2 aromatic carbocycles. The standard InChI is InChI=1S/C30H37FN2O8/c1-3-5-7-8-9-10-20-18-38-30(39-19-20)21-12-14-22(15-13-21)40-28(34)23-16-25(32)27(17-26(23)33(36)37)41-29(35)24(31)11-6-4-2/h9-10,12-17,20,24,30H,3-8,11,18-19,32H2,1-2H3/t20?,24-,30?/m1/s1. The number of esters is 2. The Balaban J connectivity index is 1.61. The SMILES string of the molecule is CCCCCC=CC1COC(c2ccc(OC(=O)c3cc(N)c(OC(=O)[C@H](F)CCCC)cc3[N+](=O)[O-])cc2)OC1. The molecule has 0 saturated carbocycles. The monoisotopic (exact) mass is 572 g/mol. The summed E-state index contributed by atoms with van der Waals surface area (Å²) in [6, 6.07) is 8.16. The van der Waals surface area contributed by atoms with Crippen molar-refractivity contribution < 1.29 is 37.9 Å². The predicted octanol–water partition coefficient (Wildman–Crippen LogP) is 6.63. The van der Waals surface area contributed by atoms with E-state index in [1.165, 1.54) is 31.4 Å². The van der Waals surface area contributed by atoms with Crippen molar-refractivity contribution in [3.8, 4) is 11.5 Å². The number of alkyl halides is 1. The summed E-state index contributed by atoms with van der Waals surface area (Å²) in [5.74, 6) is -2.36. The summed E-state index contributed by atoms with van der Waals surface area (Å²) in [7, 11) is 0. The highest BCUT2D eigenvalue weighted by Crippen LogP contribution is 2.33. The molecule has 0 bridgehead atoms. The van der Waals surface area contributed by atoms with Crippen LogP contribution in [0.5, 0.6) is 11.5 Å². The van der Waals surface area contributed by atoms with Crippen LogP contribution in [0.2, 0.25) is 0 Å². The first-order valence-electron chi connectivity index (χ1n) is 13.9. The minimum absolute atomic E-state index is 0.0451. The van der Waals surface area contributed by atoms with Gasteiger partial charge in [0.2, 0.25) is 0 Å². The highest BCUT2D eigenvalue weighted by atomic mass is 19.1. The van der Waals surface area contributed by atoms with Crippen LogP contribution in [0.25, 0.3) is 0 Å². The number of benzene rings is 2. The molecule has 1 heterocycles. The van der Waals surface area contributed by atoms with Gasteiger partial charge in [-0.05, 0) is 37.5 Å². The molecule has 1 atom stereocenters. The Labute approximate surface area is 238 Å². The second-order valence-electron chi connectivity index (χ2n) is 9.84. The first-order chi connectivity index (χ1) is 19.7. The van der Waals surface area contributed by atoms with Gasteiger partial charge in [0.15, 0.2) is 18.2 Å². The molecule has 2 aromatic rings. The van der Waals surface area contributed by atoms with Crippen LogP contribution in [-0.4, -0.2) is 36.2 Å². The Morgan fingerprint density at radius 2 is 1.78 bits per heavy atom. The highest BCUT2D eigenvalue weighted by molar-refractivity contribution is 5.97. The molecule has 41 heavy (non-hydrogen) atoms. The lowest BCUT2D eigenvalue weighted by Crippen LogP contribution is -2.25. The summed E-state index contributed by atoms with van der Waals surface area (Å²) in [6.07, 6.45) is 7.55. The maximum absolute atomic E-state index is 14.0. The molecule has 0 aromatic heterocycles. The van der Waals surface area contributed by atoms with Gasteiger partial charge < -0.3 is 24.7 Å². The number of nitro groups is 1. The molecule has 11 heteroatoms. The summed E-state index contributed by atoms with van der Waals surface area (Å²) >= 11 is 0. The fourth-order valence-corrected chi connectivity index (χ4v) is 4.14. The number of allylic oxidation sites excluding steroid dienone is 1. The van der Waals surface area contributed by atoms with Crippen molar-refractivity contribution >= 4 is 23.3 Å². The number of carbonyl (C=O) groups excluding carboxylic acids is 2. The summed E-state index contributed by atoms with van der Waals surface area (Å²) in [4.78, 5) is 35.6. The van der Waals surface area contributed by atoms with Crippen LogP contribution in [0.1, 0.15) is 81.0 Å². The van der Waals surface area contributed by atoms with Crippen LogP contribution < -0.4 is 15.2 Å². The zero-order valence-electron chi connectivity index (χ0n) is 23.4. The smallest absolute Gasteiger partial charge is 0.350 e. The van der Waals surface area contributed by atoms with Gasteiger partial charge in [0.05, 0.1) is 29.9 Å². The Morgan fingerprint density at radius 3 is 2.41 bits per heavy atom. The molecular formula is C30H37FN2O8. The lowest BCUT2D eigenvalue weighted by Gasteiger charge is -2.28. The number of ether oxygens (including phenoxy) is 4. The molecule has 1 aliphatic rings. The van der Waals surface area contributed by atoms with Crippen LogP contribution >= 0.6 is 0 Å². The maximum atomic E-state index is 14.0. The molecule has 0 spiro atoms. The average Bonchev–Trinajstić information content (AvgIpc) is 2.97. The predicted molar refractivity (Wildman–Crippen MR) is 150 cm³/mol. The first kappa shape index (κ1) is 31.7. The number of halogens is 1. The Hall–Kier alpha value is -3.83. The van der Waals surface area contributed by atoms with E-state index in [2.05, 4.69) is 19.1 Å². The van der Waals surface area contributed by atoms with E-state index < -0.39 is 46.3 Å². The van der Waals surface area contributed by atoms with Gasteiger partial charge in [0.1, 0.15) is 11.3 Å². The number of nitrogen functional groups attached to an aromatic ring is 1. The topological polar surface area (TPSA) is 140 Å². The number of anilines is 1. The Kier molecular flexibility index (Phi) is 12.2. The van der Waals surface area contributed by atoms with E-state index in [9.17, 15) is 24.1 Å². The van der Waals surface area contributed by atoms with Gasteiger partial charge in [-0.3, -0.25) is 10.1 Å². The van der Waals surface area contributed by atoms with Gasteiger partial charge in [-0.25, -0.2) is 14.0 Å². The van der Waals surface area contributed by atoms with Crippen LogP contribution in [0, 0.1) is 16.0 Å². The van der Waals surface area contributed by atoms with Gasteiger partial charge in [-0.15, -0.1) is 0 Å². The number of nitrogens with zero attached hydrogens (tertiary/aromatic N) is 1. The van der Waals surface area contributed by atoms with Crippen LogP contribution in [0.3, 0.4) is 0 Å². The molecule has 1 aliphatic heterocycles. The van der Waals surface area contributed by atoms with Crippen LogP contribution in [-0.2, 0) is 14.3 Å². The normalized spacial score (nSPS) is 17.7. The molecule has 1 saturated heterocycles. The number of rotatable bonds is 14. The molecule has 1 fully saturated rings. The molecule has 222 valence electrons. The summed E-state index contributed by atoms with van der Waals surface area (Å²) in [5.41, 5.74) is 5.18. The van der Waals surface area contributed by atoms with Crippen LogP contribution in [0.4, 0.5) is 15.8 Å². The number of nitro benzene ring substituents is 1. The van der Waals surface area contributed by atoms with Gasteiger partial charge in [0, 0.05) is 11.5 Å². The highest BCUT2D eigenvalue weighted by Gasteiger charge is 2.28. The fraction of sp³-hybridized carbons (Fsp3) is 0.467. The van der Waals surface area contributed by atoms with E-state index in [0.717, 1.165) is 24.1 Å². The molecular weight excluding hydrogens is 535 g/mol. The second-order valence-corrected chi connectivity index (χ2v) is 9.84. The average molecular weight is 573 g/mol. The third-order valence-corrected chi connectivity index (χ3v) is 6.49. The molecule has 0 amide bonds. The van der Waals surface area contributed by atoms with Gasteiger partial charge in [0.25, 0.3) is 5.69 Å². The van der Waals surface area contributed by atoms with Crippen LogP contribution in [0.15, 0.2) is 48.6 Å². The number of hydrogen-bond donors (Lipinski definition) is 1. The van der Waals surface area contributed by atoms with Gasteiger partial charge in [-0.1, -0.05) is 63.8 Å². The molecule has 0 aliphatic carbocycles. The zero-order valence-corrected chi connectivity index (χ0v) is 23.4. The molecule has 0 unspecified atom stereocenters. The quantitative estimate of drug-likeness (QED) is 0.0502. The van der Waals surface area contributed by atoms with E-state index in [1.54, 1.807) is 12.1 Å². The zero-order chi connectivity index (χ0) is 29.8. The largest absolute Gasteiger partial charge is 0.423 e. The van der Waals surface area contributed by atoms with Crippen molar-refractivity contribution in [3.63, 3.8) is 0 Å². The van der Waals surface area contributed by atoms with E-state index in [-0.39, 0.29) is 23.8 Å². The molecule has 3 rings (SSSR count). The van der Waals surface area contributed by atoms with Gasteiger partial charge >= 0.3 is 11.9 Å². The van der Waals surface area contributed by atoms with Crippen molar-refractivity contribution in [2.45, 2.75) is 71.3 Å². The lowest BCUT2D eigenvalue weighted by atomic mass is 10.1. The summed E-state index contributed by atoms with van der Waals surface area (Å²) in [5, 5.41) is 11.7. The summed E-state index contributed by atoms with van der Waals surface area (Å²) < 4.78 is 36.0. The third-order valence-electron chi connectivity index (χ3n) is 6.49. The Bertz CT molecular complexity index is 1210. The molecule has 2 N–H and O–H groups in total. The summed E-state index contributed by atoms with van der Waals surface area (Å²) in [6.45, 7) is 5.06. The van der Waals surface area contributed by atoms with E-state index in [1.807, 2.05) is 6.92 Å². The number of carbonyl (C=O) groups is 2. The second kappa shape index (κ2) is 15.8. The minimum atomic E-state index is -1.90. The van der Waals surface area contributed by atoms with Crippen molar-refractivity contribution in [1.82, 2.24) is 0 Å². The number of hydrogen-bond acceptors (Lipinski definition) is 9. The maximum Gasteiger partial charge on any atom is 0.350 e. The van der Waals surface area contributed by atoms with Crippen molar-refractivity contribution in [1.29, 1.82) is 0 Å². The fourth-order valence-electron chi connectivity index (χ4n) is 4.14. The minimum Gasteiger partial charge on any atom is -0.423 e. The Morgan fingerprint density at radius 1 is 1.10 bits per heavy atom. The van der Waals surface area contributed by atoms with Crippen molar-refractivity contribution in [3.05, 3.63) is 69.8 Å². The third kappa shape index (κ3) is 9.36. The lowest BCUT2D eigenvalue weighted by molar-refractivity contribution is -0.385. The number of nitrogens with two attached hydrogens (primary N) is 1. The van der Waals surface area contributed by atoms with E-state index in [4.69, 9.17) is 24.7 Å². The van der Waals surface area contributed by atoms with Crippen molar-refractivity contribution in [2.24, 2.45) is 5.92 Å². The van der Waals surface area contributed by atoms with Gasteiger partial charge in [-0.2, -0.15) is 0 Å². The first-order valence-corrected chi connectivity index (χ1v) is 13.9. The number of unbranched alkanes of at least 4 members (excludes halogenated alkanes) is 4. The molecule has 0 radical (unpaired) electrons.